The lowest BCUT2D eigenvalue weighted by Crippen LogP contribution is -2.37. The maximum atomic E-state index is 13.2. The van der Waals surface area contributed by atoms with Crippen LogP contribution in [0.1, 0.15) is 27.9 Å². The number of carbonyl (C=O) groups is 2. The molecule has 0 aliphatic rings. The van der Waals surface area contributed by atoms with Crippen LogP contribution in [0.2, 0.25) is 0 Å². The van der Waals surface area contributed by atoms with Crippen LogP contribution in [0, 0.1) is 5.82 Å². The predicted octanol–water partition coefficient (Wildman–Crippen LogP) is 1.03. The Morgan fingerprint density at radius 3 is 2.52 bits per heavy atom. The molecule has 0 saturated heterocycles. The third kappa shape index (κ3) is 5.35. The minimum absolute atomic E-state index is 0.00341. The highest BCUT2D eigenvalue weighted by atomic mass is 19.1. The maximum Gasteiger partial charge on any atom is 0.268 e. The van der Waals surface area contributed by atoms with Gasteiger partial charge in [0.15, 0.2) is 5.75 Å². The molecule has 0 fully saturated rings. The van der Waals surface area contributed by atoms with Crippen LogP contribution in [0.15, 0.2) is 41.3 Å². The van der Waals surface area contributed by atoms with E-state index in [9.17, 15) is 23.9 Å². The number of nitrogens with zero attached hydrogens (tertiary/aromatic N) is 3. The summed E-state index contributed by atoms with van der Waals surface area (Å²) in [6.07, 6.45) is 2.14. The van der Waals surface area contributed by atoms with E-state index in [2.05, 4.69) is 10.3 Å². The second kappa shape index (κ2) is 10.2. The van der Waals surface area contributed by atoms with Crippen molar-refractivity contribution in [2.45, 2.75) is 19.4 Å². The molecule has 0 atom stereocenters. The monoisotopic (exact) mass is 456 g/mol. The number of halogens is 1. The number of benzene rings is 1. The van der Waals surface area contributed by atoms with Gasteiger partial charge in [0.1, 0.15) is 23.4 Å². The zero-order valence-electron chi connectivity index (χ0n) is 18.3. The highest BCUT2D eigenvalue weighted by Crippen LogP contribution is 2.26. The molecule has 2 aromatic heterocycles. The van der Waals surface area contributed by atoms with Crippen LogP contribution < -0.4 is 10.9 Å². The average molecular weight is 456 g/mol. The average Bonchev–Trinajstić information content (AvgIpc) is 2.78. The molecule has 3 N–H and O–H groups in total. The zero-order valence-corrected chi connectivity index (χ0v) is 18.3. The molecule has 2 amide bonds. The molecular formula is C23H25FN4O5. The van der Waals surface area contributed by atoms with Gasteiger partial charge in [-0.15, -0.1) is 0 Å². The molecule has 0 unspecified atom stereocenters. The van der Waals surface area contributed by atoms with Gasteiger partial charge in [-0.3, -0.25) is 23.9 Å². The van der Waals surface area contributed by atoms with Gasteiger partial charge in [0, 0.05) is 33.4 Å². The number of hydrogen-bond acceptors (Lipinski definition) is 6. The second-order valence-corrected chi connectivity index (χ2v) is 7.75. The van der Waals surface area contributed by atoms with E-state index in [1.165, 1.54) is 37.3 Å². The van der Waals surface area contributed by atoms with Gasteiger partial charge in [-0.25, -0.2) is 4.39 Å². The smallest absolute Gasteiger partial charge is 0.268 e. The number of fused-ring (bicyclic) bond motifs is 1. The van der Waals surface area contributed by atoms with Crippen LogP contribution in [-0.2, 0) is 17.8 Å². The number of amides is 2. The number of aromatic hydroxyl groups is 1. The van der Waals surface area contributed by atoms with Crippen molar-refractivity contribution in [2.24, 2.45) is 0 Å². The van der Waals surface area contributed by atoms with Crippen molar-refractivity contribution in [2.75, 3.05) is 27.2 Å². The van der Waals surface area contributed by atoms with Gasteiger partial charge in [0.25, 0.3) is 11.5 Å². The molecule has 33 heavy (non-hydrogen) atoms. The zero-order chi connectivity index (χ0) is 24.1. The van der Waals surface area contributed by atoms with E-state index in [-0.39, 0.29) is 48.9 Å². The van der Waals surface area contributed by atoms with Crippen LogP contribution in [0.25, 0.3) is 11.0 Å². The maximum absolute atomic E-state index is 13.2. The lowest BCUT2D eigenvalue weighted by Gasteiger charge is -2.17. The summed E-state index contributed by atoms with van der Waals surface area (Å²) in [4.78, 5) is 43.8. The minimum atomic E-state index is -0.836. The fourth-order valence-electron chi connectivity index (χ4n) is 3.29. The van der Waals surface area contributed by atoms with E-state index in [0.29, 0.717) is 12.0 Å². The van der Waals surface area contributed by atoms with Crippen molar-refractivity contribution in [3.8, 4) is 5.75 Å². The first-order chi connectivity index (χ1) is 15.7. The number of aliphatic hydroxyl groups excluding tert-OH is 1. The Morgan fingerprint density at radius 2 is 1.88 bits per heavy atom. The summed E-state index contributed by atoms with van der Waals surface area (Å²) < 4.78 is 14.3. The molecule has 2 heterocycles. The Labute approximate surface area is 189 Å². The lowest BCUT2D eigenvalue weighted by molar-refractivity contribution is -0.129. The van der Waals surface area contributed by atoms with Gasteiger partial charge in [-0.1, -0.05) is 12.1 Å². The first-order valence-electron chi connectivity index (χ1n) is 10.3. The van der Waals surface area contributed by atoms with E-state index in [1.54, 1.807) is 18.2 Å². The number of aliphatic hydroxyl groups is 1. The lowest BCUT2D eigenvalue weighted by atomic mass is 10.1. The molecule has 0 saturated carbocycles. The number of nitrogens with one attached hydrogen (secondary N) is 1. The quantitative estimate of drug-likeness (QED) is 0.435. The number of aromatic nitrogens is 2. The Bertz CT molecular complexity index is 1240. The van der Waals surface area contributed by atoms with Gasteiger partial charge < -0.3 is 20.4 Å². The number of pyridine rings is 2. The summed E-state index contributed by atoms with van der Waals surface area (Å²) in [5.74, 6) is -2.16. The predicted molar refractivity (Wildman–Crippen MR) is 120 cm³/mol. The summed E-state index contributed by atoms with van der Waals surface area (Å²) >= 11 is 0. The van der Waals surface area contributed by atoms with Crippen molar-refractivity contribution in [1.29, 1.82) is 0 Å². The normalized spacial score (nSPS) is 10.9. The second-order valence-electron chi connectivity index (χ2n) is 7.75. The summed E-state index contributed by atoms with van der Waals surface area (Å²) in [6.45, 7) is -0.405. The molecule has 0 aliphatic carbocycles. The molecule has 0 spiro atoms. The molecule has 0 bridgehead atoms. The third-order valence-electron chi connectivity index (χ3n) is 5.10. The Kier molecular flexibility index (Phi) is 7.39. The molecule has 0 radical (unpaired) electrons. The Hall–Kier alpha value is -3.79. The third-order valence-corrected chi connectivity index (χ3v) is 5.10. The van der Waals surface area contributed by atoms with Crippen LogP contribution in [0.4, 0.5) is 4.39 Å². The molecule has 3 rings (SSSR count). The van der Waals surface area contributed by atoms with Crippen LogP contribution in [-0.4, -0.2) is 63.7 Å². The standard InChI is InChI=1S/C23H25FN4O5/c1-27(2)18(30)13-28-17-11-15(10-14-4-6-16(24)7-5-14)12-26-20(17)21(31)19(23(28)33)22(32)25-8-3-9-29/h4-7,11-12,29,31H,3,8-10,13H2,1-2H3,(H,25,32). The fraction of sp³-hybridized carbons (Fsp3) is 0.304. The van der Waals surface area contributed by atoms with Crippen molar-refractivity contribution >= 4 is 22.8 Å². The van der Waals surface area contributed by atoms with Gasteiger partial charge >= 0.3 is 0 Å². The first kappa shape index (κ1) is 23.9. The van der Waals surface area contributed by atoms with Crippen LogP contribution in [0.5, 0.6) is 5.75 Å². The van der Waals surface area contributed by atoms with Gasteiger partial charge in [-0.05, 0) is 42.2 Å². The molecule has 1 aromatic carbocycles. The summed E-state index contributed by atoms with van der Waals surface area (Å²) in [5, 5.41) is 22.1. The van der Waals surface area contributed by atoms with Gasteiger partial charge in [-0.2, -0.15) is 0 Å². The van der Waals surface area contributed by atoms with Crippen molar-refractivity contribution in [3.05, 3.63) is 69.4 Å². The number of hydrogen-bond donors (Lipinski definition) is 3. The van der Waals surface area contributed by atoms with Gasteiger partial charge in [0.05, 0.1) is 5.52 Å². The van der Waals surface area contributed by atoms with Gasteiger partial charge in [0.2, 0.25) is 5.91 Å². The summed E-state index contributed by atoms with van der Waals surface area (Å²) in [5.41, 5.74) is 0.303. The van der Waals surface area contributed by atoms with Crippen molar-refractivity contribution in [3.63, 3.8) is 0 Å². The molecular weight excluding hydrogens is 431 g/mol. The topological polar surface area (TPSA) is 125 Å². The van der Waals surface area contributed by atoms with E-state index >= 15 is 0 Å². The number of rotatable bonds is 8. The largest absolute Gasteiger partial charge is 0.505 e. The number of likely N-dealkylation sites (N-methyl/N-ethyl adjacent to an activating group) is 1. The van der Waals surface area contributed by atoms with Crippen LogP contribution in [0.3, 0.4) is 0 Å². The van der Waals surface area contributed by atoms with E-state index in [0.717, 1.165) is 10.1 Å². The van der Waals surface area contributed by atoms with Crippen LogP contribution >= 0.6 is 0 Å². The molecule has 174 valence electrons. The molecule has 10 heteroatoms. The molecule has 3 aromatic rings. The SMILES string of the molecule is CN(C)C(=O)Cn1c(=O)c(C(=O)NCCCO)c(O)c2ncc(Cc3ccc(F)cc3)cc21. The van der Waals surface area contributed by atoms with E-state index in [4.69, 9.17) is 5.11 Å². The van der Waals surface area contributed by atoms with E-state index in [1.807, 2.05) is 0 Å². The Morgan fingerprint density at radius 1 is 1.18 bits per heavy atom. The fourth-order valence-corrected chi connectivity index (χ4v) is 3.29. The first-order valence-corrected chi connectivity index (χ1v) is 10.3. The molecule has 0 aliphatic heterocycles. The summed E-state index contributed by atoms with van der Waals surface area (Å²) in [7, 11) is 3.08. The highest BCUT2D eigenvalue weighted by molar-refractivity contribution is 6.01. The molecule has 9 nitrogen and oxygen atoms in total. The van der Waals surface area contributed by atoms with Crippen molar-refractivity contribution < 1.29 is 24.2 Å². The van der Waals surface area contributed by atoms with Crippen molar-refractivity contribution in [1.82, 2.24) is 19.8 Å². The minimum Gasteiger partial charge on any atom is -0.505 e. The van der Waals surface area contributed by atoms with E-state index < -0.39 is 22.8 Å². The summed E-state index contributed by atoms with van der Waals surface area (Å²) in [6, 6.07) is 7.54. The highest BCUT2D eigenvalue weighted by Gasteiger charge is 2.24. The number of carbonyl (C=O) groups excluding carboxylic acids is 2. The Balaban J connectivity index is 2.13.